The molecule has 6 nitrogen and oxygen atoms in total. The predicted molar refractivity (Wildman–Crippen MR) is 76.6 cm³/mol. The van der Waals surface area contributed by atoms with E-state index in [0.29, 0.717) is 18.4 Å². The van der Waals surface area contributed by atoms with Gasteiger partial charge in [-0.2, -0.15) is 0 Å². The molecule has 6 heteroatoms. The average molecular weight is 265 g/mol. The van der Waals surface area contributed by atoms with E-state index in [2.05, 4.69) is 34.2 Å². The van der Waals surface area contributed by atoms with Gasteiger partial charge in [-0.25, -0.2) is 4.98 Å². The molecular weight excluding hydrogens is 242 g/mol. The highest BCUT2D eigenvalue weighted by atomic mass is 16.1. The Hall–Kier alpha value is -1.40. The van der Waals surface area contributed by atoms with Crippen molar-refractivity contribution < 1.29 is 0 Å². The minimum atomic E-state index is -0.0446. The molecule has 19 heavy (non-hydrogen) atoms. The topological polar surface area (TPSA) is 53.4 Å². The minimum Gasteiger partial charge on any atom is -0.364 e. The van der Waals surface area contributed by atoms with Crippen LogP contribution in [0.3, 0.4) is 0 Å². The zero-order valence-electron chi connectivity index (χ0n) is 12.0. The van der Waals surface area contributed by atoms with Crippen molar-refractivity contribution in [2.45, 2.75) is 19.5 Å². The van der Waals surface area contributed by atoms with Crippen molar-refractivity contribution in [3.63, 3.8) is 0 Å². The summed E-state index contributed by atoms with van der Waals surface area (Å²) in [6.45, 7) is 6.54. The minimum absolute atomic E-state index is 0.0446. The first-order valence-electron chi connectivity index (χ1n) is 6.80. The van der Waals surface area contributed by atoms with Gasteiger partial charge >= 0.3 is 0 Å². The van der Waals surface area contributed by atoms with Crippen molar-refractivity contribution in [1.29, 1.82) is 0 Å². The molecule has 1 aliphatic heterocycles. The maximum absolute atomic E-state index is 12.0. The molecule has 2 rings (SSSR count). The lowest BCUT2D eigenvalue weighted by atomic mass is 10.2. The highest BCUT2D eigenvalue weighted by molar-refractivity contribution is 5.31. The Morgan fingerprint density at radius 1 is 1.42 bits per heavy atom. The van der Waals surface area contributed by atoms with E-state index in [4.69, 9.17) is 0 Å². The Morgan fingerprint density at radius 2 is 2.21 bits per heavy atom. The van der Waals surface area contributed by atoms with Crippen LogP contribution < -0.4 is 10.9 Å². The van der Waals surface area contributed by atoms with Gasteiger partial charge in [-0.3, -0.25) is 9.69 Å². The van der Waals surface area contributed by atoms with Gasteiger partial charge in [0, 0.05) is 51.2 Å². The van der Waals surface area contributed by atoms with E-state index >= 15 is 0 Å². The summed E-state index contributed by atoms with van der Waals surface area (Å²) in [7, 11) is 4.26. The van der Waals surface area contributed by atoms with E-state index in [1.54, 1.807) is 17.0 Å². The summed E-state index contributed by atoms with van der Waals surface area (Å²) in [5, 5.41) is 3.20. The van der Waals surface area contributed by atoms with Crippen molar-refractivity contribution in [2.24, 2.45) is 0 Å². The summed E-state index contributed by atoms with van der Waals surface area (Å²) >= 11 is 0. The fourth-order valence-electron chi connectivity index (χ4n) is 2.35. The van der Waals surface area contributed by atoms with Gasteiger partial charge in [0.1, 0.15) is 0 Å². The Labute approximate surface area is 114 Å². The van der Waals surface area contributed by atoms with Crippen LogP contribution in [0.25, 0.3) is 0 Å². The number of nitrogens with zero attached hydrogens (tertiary/aromatic N) is 4. The third-order valence-electron chi connectivity index (χ3n) is 3.74. The second kappa shape index (κ2) is 6.16. The molecule has 1 saturated heterocycles. The zero-order chi connectivity index (χ0) is 13.8. The smallest absolute Gasteiger partial charge is 0.293 e. The summed E-state index contributed by atoms with van der Waals surface area (Å²) in [5.41, 5.74) is -0.0446. The Balaban J connectivity index is 2.00. The molecule has 1 aromatic rings. The molecule has 0 radical (unpaired) electrons. The first-order valence-corrected chi connectivity index (χ1v) is 6.80. The van der Waals surface area contributed by atoms with Gasteiger partial charge < -0.3 is 14.8 Å². The highest BCUT2D eigenvalue weighted by Crippen LogP contribution is 2.06. The standard InChI is InChI=1S/C13H23N5O/c1-4-18-6-5-14-12(13(18)19)15-9-11-10-16(2)7-8-17(11)3/h5-6,11H,4,7-10H2,1-3H3,(H,14,15). The van der Waals surface area contributed by atoms with Crippen LogP contribution in [-0.2, 0) is 6.54 Å². The molecule has 2 heterocycles. The fourth-order valence-corrected chi connectivity index (χ4v) is 2.35. The molecular formula is C13H23N5O. The quantitative estimate of drug-likeness (QED) is 0.825. The van der Waals surface area contributed by atoms with Crippen LogP contribution >= 0.6 is 0 Å². The van der Waals surface area contributed by atoms with E-state index in [1.807, 2.05) is 6.92 Å². The number of rotatable bonds is 4. The normalized spacial score (nSPS) is 21.5. The van der Waals surface area contributed by atoms with E-state index in [0.717, 1.165) is 26.2 Å². The number of piperazine rings is 1. The number of nitrogens with one attached hydrogen (secondary N) is 1. The van der Waals surface area contributed by atoms with Crippen LogP contribution in [0, 0.1) is 0 Å². The van der Waals surface area contributed by atoms with E-state index in [9.17, 15) is 4.79 Å². The molecule has 0 aliphatic carbocycles. The van der Waals surface area contributed by atoms with Crippen molar-refractivity contribution in [2.75, 3.05) is 45.6 Å². The largest absolute Gasteiger partial charge is 0.364 e. The highest BCUT2D eigenvalue weighted by Gasteiger charge is 2.22. The lowest BCUT2D eigenvalue weighted by Gasteiger charge is -2.37. The summed E-state index contributed by atoms with van der Waals surface area (Å²) < 4.78 is 1.66. The number of aryl methyl sites for hydroxylation is 1. The van der Waals surface area contributed by atoms with Crippen LogP contribution in [0.1, 0.15) is 6.92 Å². The molecule has 1 atom stereocenters. The molecule has 1 aromatic heterocycles. The van der Waals surface area contributed by atoms with Gasteiger partial charge in [-0.05, 0) is 21.0 Å². The summed E-state index contributed by atoms with van der Waals surface area (Å²) in [4.78, 5) is 20.8. The van der Waals surface area contributed by atoms with Gasteiger partial charge in [-0.15, -0.1) is 0 Å². The SMILES string of the molecule is CCn1ccnc(NCC2CN(C)CCN2C)c1=O. The van der Waals surface area contributed by atoms with Crippen LogP contribution in [0.2, 0.25) is 0 Å². The number of hydrogen-bond donors (Lipinski definition) is 1. The van der Waals surface area contributed by atoms with E-state index in [-0.39, 0.29) is 5.56 Å². The molecule has 106 valence electrons. The maximum Gasteiger partial charge on any atom is 0.293 e. The lowest BCUT2D eigenvalue weighted by molar-refractivity contribution is 0.122. The summed E-state index contributed by atoms with van der Waals surface area (Å²) in [6.07, 6.45) is 3.39. The maximum atomic E-state index is 12.0. The van der Waals surface area contributed by atoms with Crippen LogP contribution in [-0.4, -0.2) is 65.7 Å². The fraction of sp³-hybridized carbons (Fsp3) is 0.692. The molecule has 0 amide bonds. The zero-order valence-corrected chi connectivity index (χ0v) is 12.0. The Kier molecular flexibility index (Phi) is 4.55. The first kappa shape index (κ1) is 14.0. The third kappa shape index (κ3) is 3.33. The Morgan fingerprint density at radius 3 is 2.95 bits per heavy atom. The van der Waals surface area contributed by atoms with Crippen LogP contribution in [0.4, 0.5) is 5.82 Å². The molecule has 0 saturated carbocycles. The molecule has 1 N–H and O–H groups in total. The van der Waals surface area contributed by atoms with Crippen LogP contribution in [0.5, 0.6) is 0 Å². The number of likely N-dealkylation sites (N-methyl/N-ethyl adjacent to an activating group) is 2. The molecule has 0 bridgehead atoms. The molecule has 1 aliphatic rings. The van der Waals surface area contributed by atoms with Crippen molar-refractivity contribution in [3.05, 3.63) is 22.7 Å². The average Bonchev–Trinajstić information content (AvgIpc) is 2.41. The lowest BCUT2D eigenvalue weighted by Crippen LogP contribution is -2.52. The molecule has 0 spiro atoms. The number of hydrogen-bond acceptors (Lipinski definition) is 5. The van der Waals surface area contributed by atoms with E-state index in [1.165, 1.54) is 0 Å². The molecule has 1 unspecified atom stereocenters. The second-order valence-electron chi connectivity index (χ2n) is 5.14. The van der Waals surface area contributed by atoms with Gasteiger partial charge in [-0.1, -0.05) is 0 Å². The summed E-state index contributed by atoms with van der Waals surface area (Å²) in [6, 6.07) is 0.412. The number of aromatic nitrogens is 2. The van der Waals surface area contributed by atoms with Crippen molar-refractivity contribution in [1.82, 2.24) is 19.4 Å². The van der Waals surface area contributed by atoms with E-state index < -0.39 is 0 Å². The second-order valence-corrected chi connectivity index (χ2v) is 5.14. The monoisotopic (exact) mass is 265 g/mol. The van der Waals surface area contributed by atoms with Gasteiger partial charge in [0.05, 0.1) is 0 Å². The van der Waals surface area contributed by atoms with Crippen molar-refractivity contribution in [3.8, 4) is 0 Å². The first-order chi connectivity index (χ1) is 9.11. The molecule has 1 fully saturated rings. The number of anilines is 1. The van der Waals surface area contributed by atoms with Crippen molar-refractivity contribution >= 4 is 5.82 Å². The Bertz CT molecular complexity index is 472. The predicted octanol–water partition coefficient (Wildman–Crippen LogP) is -0.0791. The van der Waals surface area contributed by atoms with Gasteiger partial charge in [0.25, 0.3) is 5.56 Å². The van der Waals surface area contributed by atoms with Gasteiger partial charge in [0.15, 0.2) is 5.82 Å². The van der Waals surface area contributed by atoms with Gasteiger partial charge in [0.2, 0.25) is 0 Å². The van der Waals surface area contributed by atoms with Crippen LogP contribution in [0.15, 0.2) is 17.2 Å². The molecule has 0 aromatic carbocycles. The summed E-state index contributed by atoms with van der Waals surface area (Å²) in [5.74, 6) is 0.450. The third-order valence-corrected chi connectivity index (χ3v) is 3.74.